The minimum Gasteiger partial charge on any atom is -0.508 e. The zero-order valence-electron chi connectivity index (χ0n) is 11.1. The van der Waals surface area contributed by atoms with Gasteiger partial charge in [-0.3, -0.25) is 0 Å². The van der Waals surface area contributed by atoms with E-state index in [9.17, 15) is 5.11 Å². The molecule has 1 N–H and O–H groups in total. The van der Waals surface area contributed by atoms with Crippen molar-refractivity contribution in [3.05, 3.63) is 59.7 Å². The topological polar surface area (TPSA) is 23.5 Å². The number of benzene rings is 2. The molecular weight excluding hydrogens is 222 g/mol. The van der Waals surface area contributed by atoms with Crippen LogP contribution in [-0.4, -0.2) is 19.2 Å². The number of aromatic hydroxyl groups is 1. The molecule has 2 rings (SSSR count). The summed E-state index contributed by atoms with van der Waals surface area (Å²) in [5.74, 6) is 0.649. The number of rotatable bonds is 3. The number of hydrogen-bond donors (Lipinski definition) is 1. The summed E-state index contributed by atoms with van der Waals surface area (Å²) in [6.45, 7) is 2.18. The Morgan fingerprint density at radius 1 is 0.833 bits per heavy atom. The van der Waals surface area contributed by atoms with Crippen LogP contribution in [-0.2, 0) is 0 Å². The number of phenols is 1. The maximum Gasteiger partial charge on any atom is 0.115 e. The standard InChI is InChI=1S/C16H19NO/c1-12(14-6-10-16(18)11-7-14)13-4-8-15(9-5-13)17(2)3/h4-12,18H,1-3H3. The molecule has 1 unspecified atom stereocenters. The molecule has 2 nitrogen and oxygen atoms in total. The van der Waals surface area contributed by atoms with Crippen molar-refractivity contribution in [1.29, 1.82) is 0 Å². The molecule has 0 aromatic heterocycles. The Morgan fingerprint density at radius 3 is 1.72 bits per heavy atom. The van der Waals surface area contributed by atoms with Gasteiger partial charge in [-0.05, 0) is 35.4 Å². The molecule has 0 spiro atoms. The molecular formula is C16H19NO. The third kappa shape index (κ3) is 2.65. The third-order valence-corrected chi connectivity index (χ3v) is 3.30. The molecule has 94 valence electrons. The largest absolute Gasteiger partial charge is 0.508 e. The monoisotopic (exact) mass is 241 g/mol. The molecule has 0 bridgehead atoms. The quantitative estimate of drug-likeness (QED) is 0.887. The Labute approximate surface area is 109 Å². The van der Waals surface area contributed by atoms with E-state index in [1.54, 1.807) is 12.1 Å². The van der Waals surface area contributed by atoms with Crippen LogP contribution >= 0.6 is 0 Å². The van der Waals surface area contributed by atoms with Crippen molar-refractivity contribution in [3.63, 3.8) is 0 Å². The number of phenolic OH excluding ortho intramolecular Hbond substituents is 1. The van der Waals surface area contributed by atoms with Crippen LogP contribution in [0, 0.1) is 0 Å². The molecule has 0 saturated carbocycles. The summed E-state index contributed by atoms with van der Waals surface area (Å²) >= 11 is 0. The van der Waals surface area contributed by atoms with Gasteiger partial charge in [0.2, 0.25) is 0 Å². The van der Waals surface area contributed by atoms with Crippen molar-refractivity contribution in [3.8, 4) is 5.75 Å². The van der Waals surface area contributed by atoms with Gasteiger partial charge in [0, 0.05) is 25.7 Å². The number of hydrogen-bond acceptors (Lipinski definition) is 2. The third-order valence-electron chi connectivity index (χ3n) is 3.30. The molecule has 0 aliphatic rings. The van der Waals surface area contributed by atoms with Crippen molar-refractivity contribution in [1.82, 2.24) is 0 Å². The molecule has 0 fully saturated rings. The van der Waals surface area contributed by atoms with Crippen LogP contribution in [0.15, 0.2) is 48.5 Å². The van der Waals surface area contributed by atoms with Gasteiger partial charge in [0.15, 0.2) is 0 Å². The summed E-state index contributed by atoms with van der Waals surface area (Å²) < 4.78 is 0. The Bertz CT molecular complexity index is 500. The average molecular weight is 241 g/mol. The van der Waals surface area contributed by atoms with Gasteiger partial charge in [0.05, 0.1) is 0 Å². The normalized spacial score (nSPS) is 12.2. The second-order valence-electron chi connectivity index (χ2n) is 4.80. The van der Waals surface area contributed by atoms with Gasteiger partial charge in [-0.2, -0.15) is 0 Å². The first-order valence-electron chi connectivity index (χ1n) is 6.14. The van der Waals surface area contributed by atoms with Crippen LogP contribution in [0.25, 0.3) is 0 Å². The Morgan fingerprint density at radius 2 is 1.28 bits per heavy atom. The molecule has 0 saturated heterocycles. The van der Waals surface area contributed by atoms with Gasteiger partial charge in [-0.25, -0.2) is 0 Å². The van der Waals surface area contributed by atoms with E-state index in [2.05, 4.69) is 36.1 Å². The fourth-order valence-corrected chi connectivity index (χ4v) is 2.02. The van der Waals surface area contributed by atoms with Crippen molar-refractivity contribution < 1.29 is 5.11 Å². The van der Waals surface area contributed by atoms with E-state index < -0.39 is 0 Å². The molecule has 2 aromatic carbocycles. The average Bonchev–Trinajstić information content (AvgIpc) is 2.39. The maximum atomic E-state index is 9.30. The van der Waals surface area contributed by atoms with E-state index in [0.717, 1.165) is 0 Å². The number of nitrogens with zero attached hydrogens (tertiary/aromatic N) is 1. The Balaban J connectivity index is 2.23. The summed E-state index contributed by atoms with van der Waals surface area (Å²) in [6, 6.07) is 16.0. The molecule has 1 atom stereocenters. The predicted molar refractivity (Wildman–Crippen MR) is 76.4 cm³/mol. The van der Waals surface area contributed by atoms with E-state index in [4.69, 9.17) is 0 Å². The van der Waals surface area contributed by atoms with E-state index in [1.165, 1.54) is 16.8 Å². The SMILES string of the molecule is CC(c1ccc(O)cc1)c1ccc(N(C)C)cc1. The fourth-order valence-electron chi connectivity index (χ4n) is 2.02. The van der Waals surface area contributed by atoms with Gasteiger partial charge >= 0.3 is 0 Å². The van der Waals surface area contributed by atoms with Crippen molar-refractivity contribution in [2.75, 3.05) is 19.0 Å². The molecule has 0 amide bonds. The molecule has 2 aromatic rings. The highest BCUT2D eigenvalue weighted by molar-refractivity contribution is 5.47. The highest BCUT2D eigenvalue weighted by Crippen LogP contribution is 2.26. The van der Waals surface area contributed by atoms with Gasteiger partial charge in [-0.1, -0.05) is 31.2 Å². The van der Waals surface area contributed by atoms with Crippen LogP contribution in [0.4, 0.5) is 5.69 Å². The van der Waals surface area contributed by atoms with Crippen molar-refractivity contribution in [2.45, 2.75) is 12.8 Å². The summed E-state index contributed by atoms with van der Waals surface area (Å²) in [6.07, 6.45) is 0. The van der Waals surface area contributed by atoms with Crippen molar-refractivity contribution in [2.24, 2.45) is 0 Å². The van der Waals surface area contributed by atoms with Gasteiger partial charge in [0.25, 0.3) is 0 Å². The zero-order chi connectivity index (χ0) is 13.1. The Kier molecular flexibility index (Phi) is 3.56. The van der Waals surface area contributed by atoms with E-state index in [1.807, 2.05) is 26.2 Å². The van der Waals surface area contributed by atoms with Gasteiger partial charge in [0.1, 0.15) is 5.75 Å². The van der Waals surface area contributed by atoms with Gasteiger partial charge in [-0.15, -0.1) is 0 Å². The van der Waals surface area contributed by atoms with Crippen molar-refractivity contribution >= 4 is 5.69 Å². The van der Waals surface area contributed by atoms with E-state index in [-0.39, 0.29) is 0 Å². The maximum absolute atomic E-state index is 9.30. The van der Waals surface area contributed by atoms with Crippen LogP contribution in [0.2, 0.25) is 0 Å². The molecule has 0 aliphatic heterocycles. The second kappa shape index (κ2) is 5.13. The first-order chi connectivity index (χ1) is 8.58. The minimum atomic E-state index is 0.314. The van der Waals surface area contributed by atoms with E-state index in [0.29, 0.717) is 11.7 Å². The number of anilines is 1. The smallest absolute Gasteiger partial charge is 0.115 e. The minimum absolute atomic E-state index is 0.314. The van der Waals surface area contributed by atoms with Crippen LogP contribution < -0.4 is 4.90 Å². The van der Waals surface area contributed by atoms with Crippen LogP contribution in [0.1, 0.15) is 24.0 Å². The molecule has 18 heavy (non-hydrogen) atoms. The lowest BCUT2D eigenvalue weighted by atomic mass is 9.93. The van der Waals surface area contributed by atoms with Crippen LogP contribution in [0.3, 0.4) is 0 Å². The summed E-state index contributed by atoms with van der Waals surface area (Å²) in [7, 11) is 4.08. The lowest BCUT2D eigenvalue weighted by Gasteiger charge is -2.16. The molecule has 0 heterocycles. The first-order valence-corrected chi connectivity index (χ1v) is 6.14. The predicted octanol–water partition coefficient (Wildman–Crippen LogP) is 3.61. The second-order valence-corrected chi connectivity index (χ2v) is 4.80. The molecule has 0 aliphatic carbocycles. The van der Waals surface area contributed by atoms with E-state index >= 15 is 0 Å². The molecule has 0 radical (unpaired) electrons. The Hall–Kier alpha value is -1.96. The summed E-state index contributed by atoms with van der Waals surface area (Å²) in [5, 5.41) is 9.30. The highest BCUT2D eigenvalue weighted by atomic mass is 16.3. The lowest BCUT2D eigenvalue weighted by molar-refractivity contribution is 0.475. The summed E-state index contributed by atoms with van der Waals surface area (Å²) in [4.78, 5) is 2.09. The highest BCUT2D eigenvalue weighted by Gasteiger charge is 2.08. The zero-order valence-corrected chi connectivity index (χ0v) is 11.1. The first kappa shape index (κ1) is 12.5. The van der Waals surface area contributed by atoms with Gasteiger partial charge < -0.3 is 10.0 Å². The molecule has 2 heteroatoms. The summed E-state index contributed by atoms with van der Waals surface area (Å²) in [5.41, 5.74) is 3.70. The fraction of sp³-hybridized carbons (Fsp3) is 0.250. The lowest BCUT2D eigenvalue weighted by Crippen LogP contribution is -2.08. The van der Waals surface area contributed by atoms with Crippen LogP contribution in [0.5, 0.6) is 5.75 Å².